The molecule has 0 radical (unpaired) electrons. The van der Waals surface area contributed by atoms with Crippen molar-refractivity contribution in [2.75, 3.05) is 6.61 Å². The first-order valence-corrected chi connectivity index (χ1v) is 5.55. The molecule has 2 rings (SSSR count). The number of ether oxygens (including phenoxy) is 1. The van der Waals surface area contributed by atoms with Crippen LogP contribution >= 0.6 is 0 Å². The van der Waals surface area contributed by atoms with Crippen molar-refractivity contribution in [2.45, 2.75) is 44.8 Å². The van der Waals surface area contributed by atoms with Crippen molar-refractivity contribution in [3.8, 4) is 0 Å². The highest BCUT2D eigenvalue weighted by molar-refractivity contribution is 5.07. The summed E-state index contributed by atoms with van der Waals surface area (Å²) in [5.74, 6) is 1.90. The monoisotopic (exact) mass is 210 g/mol. The Morgan fingerprint density at radius 3 is 3.07 bits per heavy atom. The Morgan fingerprint density at radius 2 is 2.47 bits per heavy atom. The van der Waals surface area contributed by atoms with Gasteiger partial charge in [0.15, 0.2) is 0 Å². The van der Waals surface area contributed by atoms with Gasteiger partial charge in [0.1, 0.15) is 5.76 Å². The van der Waals surface area contributed by atoms with Crippen LogP contribution in [0.3, 0.4) is 0 Å². The molecule has 1 aromatic heterocycles. The predicted octanol–water partition coefficient (Wildman–Crippen LogP) is 1.98. The zero-order chi connectivity index (χ0) is 10.8. The molecule has 3 unspecified atom stereocenters. The summed E-state index contributed by atoms with van der Waals surface area (Å²) in [5, 5.41) is 0. The molecule has 84 valence electrons. The fourth-order valence-electron chi connectivity index (χ4n) is 2.06. The minimum atomic E-state index is -0.138. The summed E-state index contributed by atoms with van der Waals surface area (Å²) in [6, 6.07) is -0.138. The Kier molecular flexibility index (Phi) is 3.07. The lowest BCUT2D eigenvalue weighted by molar-refractivity contribution is 0.0971. The Labute approximate surface area is 89.8 Å². The van der Waals surface area contributed by atoms with Crippen molar-refractivity contribution < 1.29 is 9.15 Å². The molecule has 4 heteroatoms. The summed E-state index contributed by atoms with van der Waals surface area (Å²) in [5.41, 5.74) is 5.71. The van der Waals surface area contributed by atoms with Crippen LogP contribution in [0.15, 0.2) is 10.6 Å². The summed E-state index contributed by atoms with van der Waals surface area (Å²) >= 11 is 0. The zero-order valence-electron chi connectivity index (χ0n) is 9.27. The molecule has 0 bridgehead atoms. The third-order valence-electron chi connectivity index (χ3n) is 2.91. The standard InChI is InChI=1S/C11H18N2O2/c1-3-9-8(4-5-14-9)10-6-13-11(15-10)7(2)12/h6-9H,3-5,12H2,1-2H3. The molecule has 15 heavy (non-hydrogen) atoms. The van der Waals surface area contributed by atoms with Crippen LogP contribution in [0.4, 0.5) is 0 Å². The molecule has 1 aromatic rings. The second-order valence-electron chi connectivity index (χ2n) is 4.10. The van der Waals surface area contributed by atoms with E-state index in [0.29, 0.717) is 11.8 Å². The van der Waals surface area contributed by atoms with Crippen LogP contribution < -0.4 is 5.73 Å². The Morgan fingerprint density at radius 1 is 1.67 bits per heavy atom. The van der Waals surface area contributed by atoms with Crippen molar-refractivity contribution in [2.24, 2.45) is 5.73 Å². The normalized spacial score (nSPS) is 28.2. The SMILES string of the molecule is CCC1OCCC1c1cnc(C(C)N)o1. The Balaban J connectivity index is 2.14. The predicted molar refractivity (Wildman–Crippen MR) is 56.5 cm³/mol. The highest BCUT2D eigenvalue weighted by Crippen LogP contribution is 2.33. The van der Waals surface area contributed by atoms with Gasteiger partial charge < -0.3 is 14.9 Å². The van der Waals surface area contributed by atoms with Crippen molar-refractivity contribution in [3.05, 3.63) is 17.8 Å². The van der Waals surface area contributed by atoms with E-state index in [1.807, 2.05) is 6.92 Å². The molecular weight excluding hydrogens is 192 g/mol. The first-order chi connectivity index (χ1) is 7.22. The van der Waals surface area contributed by atoms with Crippen LogP contribution in [0.25, 0.3) is 0 Å². The minimum Gasteiger partial charge on any atom is -0.444 e. The molecule has 1 fully saturated rings. The molecule has 3 atom stereocenters. The van der Waals surface area contributed by atoms with Gasteiger partial charge in [0.2, 0.25) is 5.89 Å². The van der Waals surface area contributed by atoms with E-state index in [1.54, 1.807) is 6.20 Å². The maximum Gasteiger partial charge on any atom is 0.211 e. The van der Waals surface area contributed by atoms with E-state index >= 15 is 0 Å². The van der Waals surface area contributed by atoms with Crippen LogP contribution in [-0.2, 0) is 4.74 Å². The van der Waals surface area contributed by atoms with Crippen LogP contribution in [-0.4, -0.2) is 17.7 Å². The fourth-order valence-corrected chi connectivity index (χ4v) is 2.06. The quantitative estimate of drug-likeness (QED) is 0.828. The van der Waals surface area contributed by atoms with Gasteiger partial charge in [-0.05, 0) is 19.8 Å². The van der Waals surface area contributed by atoms with Gasteiger partial charge in [0, 0.05) is 12.5 Å². The number of nitrogens with two attached hydrogens (primary N) is 1. The molecule has 0 spiro atoms. The van der Waals surface area contributed by atoms with Gasteiger partial charge in [0.05, 0.1) is 18.3 Å². The zero-order valence-corrected chi connectivity index (χ0v) is 9.27. The topological polar surface area (TPSA) is 61.3 Å². The number of hydrogen-bond donors (Lipinski definition) is 1. The Hall–Kier alpha value is -0.870. The number of rotatable bonds is 3. The highest BCUT2D eigenvalue weighted by atomic mass is 16.5. The lowest BCUT2D eigenvalue weighted by Gasteiger charge is -2.13. The smallest absolute Gasteiger partial charge is 0.211 e. The molecule has 2 N–H and O–H groups in total. The number of aromatic nitrogens is 1. The molecule has 4 nitrogen and oxygen atoms in total. The summed E-state index contributed by atoms with van der Waals surface area (Å²) in [7, 11) is 0. The average molecular weight is 210 g/mol. The summed E-state index contributed by atoms with van der Waals surface area (Å²) in [6.45, 7) is 4.82. The van der Waals surface area contributed by atoms with Crippen molar-refractivity contribution in [1.29, 1.82) is 0 Å². The molecule has 1 aliphatic heterocycles. The second-order valence-corrected chi connectivity index (χ2v) is 4.10. The van der Waals surface area contributed by atoms with E-state index in [4.69, 9.17) is 14.9 Å². The van der Waals surface area contributed by atoms with Crippen molar-refractivity contribution in [1.82, 2.24) is 4.98 Å². The van der Waals surface area contributed by atoms with Gasteiger partial charge >= 0.3 is 0 Å². The number of oxazole rings is 1. The molecule has 0 saturated carbocycles. The molecule has 1 saturated heterocycles. The lowest BCUT2D eigenvalue weighted by atomic mass is 9.97. The van der Waals surface area contributed by atoms with E-state index in [0.717, 1.165) is 25.2 Å². The summed E-state index contributed by atoms with van der Waals surface area (Å²) in [4.78, 5) is 4.18. The largest absolute Gasteiger partial charge is 0.444 e. The van der Waals surface area contributed by atoms with Crippen LogP contribution in [0.1, 0.15) is 50.3 Å². The number of nitrogens with zero attached hydrogens (tertiary/aromatic N) is 1. The van der Waals surface area contributed by atoms with E-state index < -0.39 is 0 Å². The Bertz CT molecular complexity index is 322. The number of hydrogen-bond acceptors (Lipinski definition) is 4. The van der Waals surface area contributed by atoms with Gasteiger partial charge in [-0.3, -0.25) is 0 Å². The lowest BCUT2D eigenvalue weighted by Crippen LogP contribution is -2.12. The molecule has 0 aliphatic carbocycles. The molecule has 1 aliphatic rings. The summed E-state index contributed by atoms with van der Waals surface area (Å²) < 4.78 is 11.3. The van der Waals surface area contributed by atoms with Crippen molar-refractivity contribution >= 4 is 0 Å². The van der Waals surface area contributed by atoms with E-state index in [2.05, 4.69) is 11.9 Å². The van der Waals surface area contributed by atoms with Gasteiger partial charge in [-0.15, -0.1) is 0 Å². The van der Waals surface area contributed by atoms with Crippen LogP contribution in [0, 0.1) is 0 Å². The first kappa shape index (κ1) is 10.6. The average Bonchev–Trinajstić information content (AvgIpc) is 2.85. The van der Waals surface area contributed by atoms with E-state index in [9.17, 15) is 0 Å². The third kappa shape index (κ3) is 2.06. The van der Waals surface area contributed by atoms with Crippen molar-refractivity contribution in [3.63, 3.8) is 0 Å². The van der Waals surface area contributed by atoms with E-state index in [-0.39, 0.29) is 12.1 Å². The maximum atomic E-state index is 5.71. The highest BCUT2D eigenvalue weighted by Gasteiger charge is 2.31. The van der Waals surface area contributed by atoms with Crippen LogP contribution in [0.2, 0.25) is 0 Å². The molecule has 0 aromatic carbocycles. The maximum absolute atomic E-state index is 5.71. The molecular formula is C11H18N2O2. The van der Waals surface area contributed by atoms with Gasteiger partial charge in [-0.25, -0.2) is 4.98 Å². The molecule has 0 amide bonds. The van der Waals surface area contributed by atoms with Gasteiger partial charge in [-0.2, -0.15) is 0 Å². The third-order valence-corrected chi connectivity index (χ3v) is 2.91. The fraction of sp³-hybridized carbons (Fsp3) is 0.727. The van der Waals surface area contributed by atoms with E-state index in [1.165, 1.54) is 0 Å². The summed E-state index contributed by atoms with van der Waals surface area (Å²) in [6.07, 6.45) is 4.10. The second kappa shape index (κ2) is 4.33. The van der Waals surface area contributed by atoms with Gasteiger partial charge in [-0.1, -0.05) is 6.92 Å². The minimum absolute atomic E-state index is 0.138. The first-order valence-electron chi connectivity index (χ1n) is 5.55. The van der Waals surface area contributed by atoms with Gasteiger partial charge in [0.25, 0.3) is 0 Å². The van der Waals surface area contributed by atoms with Crippen LogP contribution in [0.5, 0.6) is 0 Å². The molecule has 2 heterocycles.